The second kappa shape index (κ2) is 7.59. The predicted octanol–water partition coefficient (Wildman–Crippen LogP) is 2.88. The predicted molar refractivity (Wildman–Crippen MR) is 91.3 cm³/mol. The Labute approximate surface area is 137 Å². The van der Waals surface area contributed by atoms with Gasteiger partial charge in [-0.25, -0.2) is 4.98 Å². The standard InChI is InChI=1S/C15H18N4O3S/c1-3-4-12(21)18-9-5-6-10(11(20)7-9)14(22)19-15-17-8-13(16-2)23-15/h5-8,16,20H,3-4H2,1-2H3,(H,18,21)(H,17,19,22). The van der Waals surface area contributed by atoms with E-state index in [0.717, 1.165) is 11.4 Å². The molecule has 0 atom stereocenters. The maximum absolute atomic E-state index is 12.2. The van der Waals surface area contributed by atoms with Crippen molar-refractivity contribution >= 4 is 39.0 Å². The molecule has 0 unspecified atom stereocenters. The normalized spacial score (nSPS) is 10.2. The second-order valence-electron chi connectivity index (χ2n) is 4.76. The summed E-state index contributed by atoms with van der Waals surface area (Å²) in [4.78, 5) is 27.7. The maximum Gasteiger partial charge on any atom is 0.261 e. The molecule has 1 heterocycles. The van der Waals surface area contributed by atoms with Gasteiger partial charge in [-0.05, 0) is 18.6 Å². The quantitative estimate of drug-likeness (QED) is 0.650. The Bertz CT molecular complexity index is 714. The molecule has 1 aromatic carbocycles. The molecule has 0 bridgehead atoms. The number of carbonyl (C=O) groups excluding carboxylic acids is 2. The van der Waals surface area contributed by atoms with Crippen LogP contribution in [0.15, 0.2) is 24.4 Å². The zero-order valence-electron chi connectivity index (χ0n) is 12.8. The molecule has 2 rings (SSSR count). The highest BCUT2D eigenvalue weighted by atomic mass is 32.1. The van der Waals surface area contributed by atoms with E-state index in [1.54, 1.807) is 19.3 Å². The van der Waals surface area contributed by atoms with Gasteiger partial charge in [-0.3, -0.25) is 14.9 Å². The Balaban J connectivity index is 2.07. The van der Waals surface area contributed by atoms with E-state index in [1.165, 1.54) is 23.5 Å². The molecule has 7 nitrogen and oxygen atoms in total. The number of anilines is 3. The summed E-state index contributed by atoms with van der Waals surface area (Å²) in [7, 11) is 1.76. The van der Waals surface area contributed by atoms with E-state index in [0.29, 0.717) is 17.2 Å². The van der Waals surface area contributed by atoms with E-state index in [-0.39, 0.29) is 17.2 Å². The zero-order chi connectivity index (χ0) is 16.8. The van der Waals surface area contributed by atoms with E-state index >= 15 is 0 Å². The van der Waals surface area contributed by atoms with Gasteiger partial charge in [0.2, 0.25) is 5.91 Å². The van der Waals surface area contributed by atoms with E-state index in [4.69, 9.17) is 0 Å². The first-order valence-corrected chi connectivity index (χ1v) is 7.93. The smallest absolute Gasteiger partial charge is 0.261 e. The largest absolute Gasteiger partial charge is 0.507 e. The van der Waals surface area contributed by atoms with Gasteiger partial charge in [0.05, 0.1) is 11.8 Å². The molecule has 23 heavy (non-hydrogen) atoms. The van der Waals surface area contributed by atoms with Crippen LogP contribution < -0.4 is 16.0 Å². The number of rotatable bonds is 6. The number of phenolic OH excluding ortho intramolecular Hbond substituents is 1. The van der Waals surface area contributed by atoms with Gasteiger partial charge in [-0.15, -0.1) is 0 Å². The van der Waals surface area contributed by atoms with E-state index < -0.39 is 5.91 Å². The third kappa shape index (κ3) is 4.43. The van der Waals surface area contributed by atoms with E-state index in [2.05, 4.69) is 20.9 Å². The molecule has 0 saturated heterocycles. The van der Waals surface area contributed by atoms with Gasteiger partial charge in [-0.1, -0.05) is 18.3 Å². The number of amides is 2. The number of phenols is 1. The fraction of sp³-hybridized carbons (Fsp3) is 0.267. The Morgan fingerprint density at radius 2 is 2.09 bits per heavy atom. The fourth-order valence-electron chi connectivity index (χ4n) is 1.86. The number of aromatic nitrogens is 1. The average molecular weight is 334 g/mol. The molecule has 0 radical (unpaired) electrons. The minimum absolute atomic E-state index is 0.111. The highest BCUT2D eigenvalue weighted by Crippen LogP contribution is 2.26. The van der Waals surface area contributed by atoms with Crippen LogP contribution in [-0.4, -0.2) is 29.0 Å². The van der Waals surface area contributed by atoms with Crippen LogP contribution in [0.5, 0.6) is 5.75 Å². The van der Waals surface area contributed by atoms with E-state index in [9.17, 15) is 14.7 Å². The molecule has 4 N–H and O–H groups in total. The Morgan fingerprint density at radius 1 is 1.30 bits per heavy atom. The molecule has 8 heteroatoms. The highest BCUT2D eigenvalue weighted by molar-refractivity contribution is 7.19. The summed E-state index contributed by atoms with van der Waals surface area (Å²) < 4.78 is 0. The van der Waals surface area contributed by atoms with Gasteiger partial charge in [0, 0.05) is 25.2 Å². The summed E-state index contributed by atoms with van der Waals surface area (Å²) in [6, 6.07) is 4.38. The Hall–Kier alpha value is -2.61. The number of aromatic hydroxyl groups is 1. The number of nitrogens with one attached hydrogen (secondary N) is 3. The van der Waals surface area contributed by atoms with Crippen LogP contribution >= 0.6 is 11.3 Å². The lowest BCUT2D eigenvalue weighted by Gasteiger charge is -2.08. The van der Waals surface area contributed by atoms with Gasteiger partial charge in [-0.2, -0.15) is 0 Å². The summed E-state index contributed by atoms with van der Waals surface area (Å²) in [6.45, 7) is 1.91. The SMILES string of the molecule is CCCC(=O)Nc1ccc(C(=O)Nc2ncc(NC)s2)c(O)c1. The first kappa shape index (κ1) is 16.8. The summed E-state index contributed by atoms with van der Waals surface area (Å²) in [6.07, 6.45) is 2.74. The van der Waals surface area contributed by atoms with Crippen molar-refractivity contribution in [3.05, 3.63) is 30.0 Å². The van der Waals surface area contributed by atoms with Crippen molar-refractivity contribution in [2.24, 2.45) is 0 Å². The van der Waals surface area contributed by atoms with Crippen molar-refractivity contribution in [2.45, 2.75) is 19.8 Å². The lowest BCUT2D eigenvalue weighted by Crippen LogP contribution is -2.13. The van der Waals surface area contributed by atoms with Crippen LogP contribution in [-0.2, 0) is 4.79 Å². The molecule has 1 aromatic heterocycles. The van der Waals surface area contributed by atoms with Gasteiger partial charge in [0.25, 0.3) is 5.91 Å². The summed E-state index contributed by atoms with van der Waals surface area (Å²) >= 11 is 1.29. The van der Waals surface area contributed by atoms with Crippen molar-refractivity contribution in [1.82, 2.24) is 4.98 Å². The lowest BCUT2D eigenvalue weighted by atomic mass is 10.1. The number of carbonyl (C=O) groups is 2. The molecule has 122 valence electrons. The van der Waals surface area contributed by atoms with Crippen LogP contribution in [0.25, 0.3) is 0 Å². The first-order chi connectivity index (χ1) is 11.0. The average Bonchev–Trinajstić information content (AvgIpc) is 2.95. The summed E-state index contributed by atoms with van der Waals surface area (Å²) in [5.74, 6) is -0.806. The molecule has 0 aliphatic carbocycles. The number of hydrogen-bond donors (Lipinski definition) is 4. The summed E-state index contributed by atoms with van der Waals surface area (Å²) in [5.41, 5.74) is 0.559. The first-order valence-electron chi connectivity index (χ1n) is 7.11. The molecule has 0 aliphatic heterocycles. The van der Waals surface area contributed by atoms with Crippen LogP contribution in [0.3, 0.4) is 0 Å². The molecular weight excluding hydrogens is 316 g/mol. The van der Waals surface area contributed by atoms with Crippen LogP contribution in [0, 0.1) is 0 Å². The van der Waals surface area contributed by atoms with Gasteiger partial charge in [0.15, 0.2) is 5.13 Å². The number of nitrogens with zero attached hydrogens (tertiary/aromatic N) is 1. The molecule has 2 aromatic rings. The van der Waals surface area contributed by atoms with Gasteiger partial charge >= 0.3 is 0 Å². The maximum atomic E-state index is 12.2. The third-order valence-corrected chi connectivity index (χ3v) is 3.91. The third-order valence-electron chi connectivity index (χ3n) is 2.98. The minimum atomic E-state index is -0.467. The fourth-order valence-corrected chi connectivity index (χ4v) is 2.53. The second-order valence-corrected chi connectivity index (χ2v) is 5.79. The van der Waals surface area contributed by atoms with Gasteiger partial charge in [0.1, 0.15) is 10.8 Å². The summed E-state index contributed by atoms with van der Waals surface area (Å²) in [5, 5.41) is 19.4. The van der Waals surface area contributed by atoms with E-state index in [1.807, 2.05) is 6.92 Å². The monoisotopic (exact) mass is 334 g/mol. The van der Waals surface area contributed by atoms with Crippen molar-refractivity contribution in [3.8, 4) is 5.75 Å². The molecular formula is C15H18N4O3S. The van der Waals surface area contributed by atoms with Crippen molar-refractivity contribution in [3.63, 3.8) is 0 Å². The minimum Gasteiger partial charge on any atom is -0.507 e. The molecule has 0 saturated carbocycles. The molecule has 0 fully saturated rings. The van der Waals surface area contributed by atoms with Gasteiger partial charge < -0.3 is 15.7 Å². The van der Waals surface area contributed by atoms with Crippen LogP contribution in [0.1, 0.15) is 30.1 Å². The van der Waals surface area contributed by atoms with Crippen LogP contribution in [0.2, 0.25) is 0 Å². The molecule has 2 amide bonds. The lowest BCUT2D eigenvalue weighted by molar-refractivity contribution is -0.116. The zero-order valence-corrected chi connectivity index (χ0v) is 13.7. The molecule has 0 aliphatic rings. The van der Waals surface area contributed by atoms with Crippen molar-refractivity contribution in [1.29, 1.82) is 0 Å². The number of hydrogen-bond acceptors (Lipinski definition) is 6. The topological polar surface area (TPSA) is 103 Å². The number of benzene rings is 1. The Morgan fingerprint density at radius 3 is 2.70 bits per heavy atom. The van der Waals surface area contributed by atoms with Crippen molar-refractivity contribution < 1.29 is 14.7 Å². The Kier molecular flexibility index (Phi) is 5.53. The molecule has 0 spiro atoms. The number of thiazole rings is 1. The van der Waals surface area contributed by atoms with Crippen molar-refractivity contribution in [2.75, 3.05) is 23.0 Å². The highest BCUT2D eigenvalue weighted by Gasteiger charge is 2.14. The van der Waals surface area contributed by atoms with Crippen LogP contribution in [0.4, 0.5) is 15.8 Å².